The van der Waals surface area contributed by atoms with Crippen molar-refractivity contribution >= 4 is 11.3 Å². The Morgan fingerprint density at radius 2 is 2.29 bits per heavy atom. The molecule has 0 aliphatic carbocycles. The summed E-state index contributed by atoms with van der Waals surface area (Å²) in [6, 6.07) is 8.31. The number of rotatable bonds is 5. The zero-order valence-corrected chi connectivity index (χ0v) is 10.7. The van der Waals surface area contributed by atoms with Gasteiger partial charge in [-0.15, -0.1) is 0 Å². The van der Waals surface area contributed by atoms with E-state index in [-0.39, 0.29) is 6.04 Å². The van der Waals surface area contributed by atoms with Crippen LogP contribution < -0.4 is 11.3 Å². The van der Waals surface area contributed by atoms with Crippen LogP contribution in [0.5, 0.6) is 0 Å². The van der Waals surface area contributed by atoms with Crippen LogP contribution in [0.4, 0.5) is 0 Å². The van der Waals surface area contributed by atoms with E-state index in [0.717, 1.165) is 24.2 Å². The average Bonchev–Trinajstić information content (AvgIpc) is 2.83. The lowest BCUT2D eigenvalue weighted by molar-refractivity contribution is 0.504. The standard InChI is InChI=1S/C13H17N3S/c1-10-3-2-4-12(15-10)13(16-14)6-5-11-7-8-17-9-11/h2-4,7-9,13,16H,5-6,14H2,1H3. The first-order valence-corrected chi connectivity index (χ1v) is 6.64. The molecule has 17 heavy (non-hydrogen) atoms. The average molecular weight is 247 g/mol. The number of hydrazine groups is 1. The molecule has 4 heteroatoms. The molecule has 0 spiro atoms. The maximum atomic E-state index is 5.61. The summed E-state index contributed by atoms with van der Waals surface area (Å²) >= 11 is 1.73. The number of nitrogens with two attached hydrogens (primary N) is 1. The van der Waals surface area contributed by atoms with Crippen molar-refractivity contribution in [2.24, 2.45) is 5.84 Å². The molecule has 0 amide bonds. The van der Waals surface area contributed by atoms with Gasteiger partial charge in [-0.1, -0.05) is 6.07 Å². The Bertz CT molecular complexity index is 453. The Hall–Kier alpha value is -1.23. The number of hydrogen-bond donors (Lipinski definition) is 2. The minimum absolute atomic E-state index is 0.120. The Balaban J connectivity index is 2.01. The van der Waals surface area contributed by atoms with Gasteiger partial charge in [-0.05, 0) is 54.3 Å². The third-order valence-corrected chi connectivity index (χ3v) is 3.50. The summed E-state index contributed by atoms with van der Waals surface area (Å²) in [4.78, 5) is 4.50. The monoisotopic (exact) mass is 247 g/mol. The van der Waals surface area contributed by atoms with Gasteiger partial charge in [0.2, 0.25) is 0 Å². The van der Waals surface area contributed by atoms with E-state index < -0.39 is 0 Å². The van der Waals surface area contributed by atoms with Gasteiger partial charge in [0.1, 0.15) is 0 Å². The third-order valence-electron chi connectivity index (χ3n) is 2.77. The molecule has 2 rings (SSSR count). The van der Waals surface area contributed by atoms with Crippen LogP contribution in [0.25, 0.3) is 0 Å². The zero-order valence-electron chi connectivity index (χ0n) is 9.89. The second-order valence-electron chi connectivity index (χ2n) is 4.09. The molecule has 1 unspecified atom stereocenters. The highest BCUT2D eigenvalue weighted by molar-refractivity contribution is 7.07. The van der Waals surface area contributed by atoms with Gasteiger partial charge in [-0.25, -0.2) is 0 Å². The van der Waals surface area contributed by atoms with Gasteiger partial charge in [0.15, 0.2) is 0 Å². The van der Waals surface area contributed by atoms with E-state index in [1.54, 1.807) is 11.3 Å². The number of thiophene rings is 1. The van der Waals surface area contributed by atoms with Crippen molar-refractivity contribution in [2.45, 2.75) is 25.8 Å². The van der Waals surface area contributed by atoms with Gasteiger partial charge in [0.05, 0.1) is 11.7 Å². The molecule has 0 aromatic carbocycles. The SMILES string of the molecule is Cc1cccc(C(CCc2ccsc2)NN)n1. The second kappa shape index (κ2) is 5.91. The first-order chi connectivity index (χ1) is 8.29. The second-order valence-corrected chi connectivity index (χ2v) is 4.87. The van der Waals surface area contributed by atoms with Crippen molar-refractivity contribution < 1.29 is 0 Å². The maximum absolute atomic E-state index is 5.61. The number of nitrogens with zero attached hydrogens (tertiary/aromatic N) is 1. The summed E-state index contributed by atoms with van der Waals surface area (Å²) in [6.07, 6.45) is 1.98. The molecule has 0 aliphatic rings. The molecule has 2 aromatic heterocycles. The lowest BCUT2D eigenvalue weighted by Gasteiger charge is -2.15. The molecule has 90 valence electrons. The molecular formula is C13H17N3S. The Morgan fingerprint density at radius 1 is 1.41 bits per heavy atom. The molecule has 3 nitrogen and oxygen atoms in total. The molecule has 2 aromatic rings. The lowest BCUT2D eigenvalue weighted by Crippen LogP contribution is -2.29. The smallest absolute Gasteiger partial charge is 0.0635 e. The highest BCUT2D eigenvalue weighted by atomic mass is 32.1. The Morgan fingerprint density at radius 3 is 2.94 bits per heavy atom. The summed E-state index contributed by atoms with van der Waals surface area (Å²) in [6.45, 7) is 2.00. The molecular weight excluding hydrogens is 230 g/mol. The van der Waals surface area contributed by atoms with E-state index in [9.17, 15) is 0 Å². The summed E-state index contributed by atoms with van der Waals surface area (Å²) < 4.78 is 0. The van der Waals surface area contributed by atoms with Crippen LogP contribution in [0, 0.1) is 6.92 Å². The van der Waals surface area contributed by atoms with Crippen LogP contribution in [0.2, 0.25) is 0 Å². The fourth-order valence-corrected chi connectivity index (χ4v) is 2.52. The van der Waals surface area contributed by atoms with Crippen LogP contribution in [0.1, 0.15) is 29.4 Å². The minimum Gasteiger partial charge on any atom is -0.271 e. The molecule has 3 N–H and O–H groups in total. The fraction of sp³-hybridized carbons (Fsp3) is 0.308. The van der Waals surface area contributed by atoms with E-state index >= 15 is 0 Å². The summed E-state index contributed by atoms with van der Waals surface area (Å²) in [5, 5.41) is 4.28. The van der Waals surface area contributed by atoms with Crippen molar-refractivity contribution in [3.05, 3.63) is 52.0 Å². The first-order valence-electron chi connectivity index (χ1n) is 5.70. The van der Waals surface area contributed by atoms with E-state index in [0.29, 0.717) is 0 Å². The van der Waals surface area contributed by atoms with Gasteiger partial charge in [-0.3, -0.25) is 16.3 Å². The Kier molecular flexibility index (Phi) is 4.25. The van der Waals surface area contributed by atoms with Crippen molar-refractivity contribution in [1.82, 2.24) is 10.4 Å². The van der Waals surface area contributed by atoms with Crippen molar-refractivity contribution in [3.8, 4) is 0 Å². The largest absolute Gasteiger partial charge is 0.271 e. The fourth-order valence-electron chi connectivity index (χ4n) is 1.82. The van der Waals surface area contributed by atoms with Gasteiger partial charge in [0, 0.05) is 5.69 Å². The van der Waals surface area contributed by atoms with Crippen molar-refractivity contribution in [1.29, 1.82) is 0 Å². The molecule has 0 radical (unpaired) electrons. The van der Waals surface area contributed by atoms with E-state index in [1.807, 2.05) is 25.1 Å². The van der Waals surface area contributed by atoms with Crippen LogP contribution >= 0.6 is 11.3 Å². The quantitative estimate of drug-likeness (QED) is 0.630. The van der Waals surface area contributed by atoms with E-state index in [4.69, 9.17) is 5.84 Å². The first kappa shape index (κ1) is 12.2. The van der Waals surface area contributed by atoms with Crippen LogP contribution in [-0.4, -0.2) is 4.98 Å². The van der Waals surface area contributed by atoms with Gasteiger partial charge >= 0.3 is 0 Å². The normalized spacial score (nSPS) is 12.6. The highest BCUT2D eigenvalue weighted by Crippen LogP contribution is 2.18. The lowest BCUT2D eigenvalue weighted by atomic mass is 10.0. The molecule has 0 bridgehead atoms. The van der Waals surface area contributed by atoms with Crippen molar-refractivity contribution in [3.63, 3.8) is 0 Å². The molecule has 0 aliphatic heterocycles. The van der Waals surface area contributed by atoms with Crippen molar-refractivity contribution in [2.75, 3.05) is 0 Å². The van der Waals surface area contributed by atoms with Crippen LogP contribution in [0.3, 0.4) is 0 Å². The topological polar surface area (TPSA) is 50.9 Å². The number of hydrogen-bond acceptors (Lipinski definition) is 4. The van der Waals surface area contributed by atoms with Gasteiger partial charge < -0.3 is 0 Å². The summed E-state index contributed by atoms with van der Waals surface area (Å²) in [5.74, 6) is 5.61. The zero-order chi connectivity index (χ0) is 12.1. The maximum Gasteiger partial charge on any atom is 0.0635 e. The van der Waals surface area contributed by atoms with Crippen LogP contribution in [0.15, 0.2) is 35.0 Å². The van der Waals surface area contributed by atoms with Gasteiger partial charge in [0.25, 0.3) is 0 Å². The van der Waals surface area contributed by atoms with E-state index in [1.165, 1.54) is 5.56 Å². The molecule has 0 fully saturated rings. The molecule has 0 saturated heterocycles. The predicted octanol–water partition coefficient (Wildman–Crippen LogP) is 2.59. The molecule has 1 atom stereocenters. The summed E-state index contributed by atoms with van der Waals surface area (Å²) in [7, 11) is 0. The predicted molar refractivity (Wildman–Crippen MR) is 71.7 cm³/mol. The number of nitrogens with one attached hydrogen (secondary N) is 1. The number of pyridine rings is 1. The number of aryl methyl sites for hydroxylation is 2. The third kappa shape index (κ3) is 3.36. The highest BCUT2D eigenvalue weighted by Gasteiger charge is 2.11. The number of aromatic nitrogens is 1. The van der Waals surface area contributed by atoms with Crippen LogP contribution in [-0.2, 0) is 6.42 Å². The molecule has 0 saturated carbocycles. The summed E-state index contributed by atoms with van der Waals surface area (Å²) in [5.41, 5.74) is 6.26. The minimum atomic E-state index is 0.120. The molecule has 2 heterocycles. The van der Waals surface area contributed by atoms with E-state index in [2.05, 4.69) is 27.2 Å². The van der Waals surface area contributed by atoms with Gasteiger partial charge in [-0.2, -0.15) is 11.3 Å². The Labute approximate surface area is 106 Å².